The number of fused-ring (bicyclic) bond motifs is 1. The highest BCUT2D eigenvalue weighted by atomic mass is 19.1. The third-order valence-electron chi connectivity index (χ3n) is 4.86. The Balaban J connectivity index is 1.44. The van der Waals surface area contributed by atoms with E-state index >= 15 is 0 Å². The number of hydrogen-bond donors (Lipinski definition) is 1. The Hall–Kier alpha value is -2.89. The van der Waals surface area contributed by atoms with Gasteiger partial charge in [0, 0.05) is 24.3 Å². The van der Waals surface area contributed by atoms with Crippen molar-refractivity contribution in [1.29, 1.82) is 0 Å². The summed E-state index contributed by atoms with van der Waals surface area (Å²) < 4.78 is 18.6. The van der Waals surface area contributed by atoms with Crippen molar-refractivity contribution in [2.24, 2.45) is 5.92 Å². The Bertz CT molecular complexity index is 862. The minimum atomic E-state index is -0.324. The van der Waals surface area contributed by atoms with Crippen LogP contribution in [0.3, 0.4) is 0 Å². The van der Waals surface area contributed by atoms with Gasteiger partial charge in [0.15, 0.2) is 6.61 Å². The van der Waals surface area contributed by atoms with Crippen molar-refractivity contribution in [2.75, 3.05) is 18.5 Å². The number of halogens is 1. The summed E-state index contributed by atoms with van der Waals surface area (Å²) in [4.78, 5) is 26.4. The van der Waals surface area contributed by atoms with Crippen molar-refractivity contribution in [3.8, 4) is 5.75 Å². The van der Waals surface area contributed by atoms with E-state index in [1.807, 2.05) is 11.0 Å². The molecule has 1 saturated carbocycles. The Morgan fingerprint density at radius 2 is 1.96 bits per heavy atom. The first kappa shape index (κ1) is 17.5. The maximum atomic E-state index is 13.0. The molecule has 6 heteroatoms. The second-order valence-electron chi connectivity index (χ2n) is 7.18. The second-order valence-corrected chi connectivity index (χ2v) is 7.18. The summed E-state index contributed by atoms with van der Waals surface area (Å²) in [5.41, 5.74) is 2.29. The molecule has 1 aliphatic carbocycles. The molecule has 1 heterocycles. The smallest absolute Gasteiger partial charge is 0.260 e. The lowest BCUT2D eigenvalue weighted by atomic mass is 10.1. The fraction of sp³-hybridized carbons (Fsp3) is 0.333. The van der Waals surface area contributed by atoms with E-state index < -0.39 is 0 Å². The summed E-state index contributed by atoms with van der Waals surface area (Å²) in [6.07, 6.45) is 2.52. The van der Waals surface area contributed by atoms with Crippen LogP contribution in [0.1, 0.15) is 24.0 Å². The molecule has 140 valence electrons. The minimum absolute atomic E-state index is 0.00000427. The number of anilines is 1. The van der Waals surface area contributed by atoms with Crippen LogP contribution in [0.25, 0.3) is 0 Å². The average molecular weight is 368 g/mol. The van der Waals surface area contributed by atoms with Crippen LogP contribution in [0.5, 0.6) is 5.75 Å². The van der Waals surface area contributed by atoms with Crippen molar-refractivity contribution in [3.05, 3.63) is 59.4 Å². The topological polar surface area (TPSA) is 58.6 Å². The van der Waals surface area contributed by atoms with Gasteiger partial charge >= 0.3 is 0 Å². The third kappa shape index (κ3) is 4.45. The van der Waals surface area contributed by atoms with E-state index in [1.165, 1.54) is 25.0 Å². The molecule has 2 amide bonds. The van der Waals surface area contributed by atoms with Gasteiger partial charge in [-0.05, 0) is 54.7 Å². The number of hydrogen-bond acceptors (Lipinski definition) is 3. The first-order valence-corrected chi connectivity index (χ1v) is 9.14. The molecule has 1 aliphatic heterocycles. The monoisotopic (exact) mass is 368 g/mol. The number of rotatable bonds is 5. The van der Waals surface area contributed by atoms with Crippen LogP contribution in [-0.2, 0) is 22.6 Å². The van der Waals surface area contributed by atoms with Gasteiger partial charge in [0.1, 0.15) is 11.6 Å². The highest BCUT2D eigenvalue weighted by Gasteiger charge is 2.29. The molecular formula is C21H21FN2O3. The van der Waals surface area contributed by atoms with Crippen LogP contribution in [0.15, 0.2) is 42.5 Å². The van der Waals surface area contributed by atoms with Gasteiger partial charge in [-0.3, -0.25) is 9.59 Å². The van der Waals surface area contributed by atoms with Gasteiger partial charge in [-0.2, -0.15) is 0 Å². The number of carbonyl (C=O) groups excluding carboxylic acids is 2. The lowest BCUT2D eigenvalue weighted by Crippen LogP contribution is -2.34. The van der Waals surface area contributed by atoms with Gasteiger partial charge in [0.2, 0.25) is 5.91 Å². The van der Waals surface area contributed by atoms with Crippen molar-refractivity contribution in [2.45, 2.75) is 25.8 Å². The Morgan fingerprint density at radius 3 is 2.70 bits per heavy atom. The fourth-order valence-corrected chi connectivity index (χ4v) is 3.22. The Kier molecular flexibility index (Phi) is 4.79. The first-order chi connectivity index (χ1) is 13.1. The van der Waals surface area contributed by atoms with E-state index in [0.717, 1.165) is 17.7 Å². The quantitative estimate of drug-likeness (QED) is 0.882. The average Bonchev–Trinajstić information content (AvgIpc) is 3.47. The minimum Gasteiger partial charge on any atom is -0.483 e. The number of carbonyl (C=O) groups is 2. The zero-order valence-electron chi connectivity index (χ0n) is 14.9. The molecule has 4 rings (SSSR count). The lowest BCUT2D eigenvalue weighted by Gasteiger charge is -2.19. The fourth-order valence-electron chi connectivity index (χ4n) is 3.22. The van der Waals surface area contributed by atoms with Crippen molar-refractivity contribution in [1.82, 2.24) is 4.90 Å². The molecular weight excluding hydrogens is 347 g/mol. The van der Waals surface area contributed by atoms with E-state index in [2.05, 4.69) is 5.32 Å². The molecule has 2 aromatic carbocycles. The molecule has 27 heavy (non-hydrogen) atoms. The van der Waals surface area contributed by atoms with Crippen LogP contribution in [0, 0.1) is 11.7 Å². The van der Waals surface area contributed by atoms with Gasteiger partial charge in [0.25, 0.3) is 5.91 Å². The van der Waals surface area contributed by atoms with Gasteiger partial charge < -0.3 is 15.0 Å². The molecule has 2 aromatic rings. The van der Waals surface area contributed by atoms with Crippen LogP contribution in [-0.4, -0.2) is 29.9 Å². The molecule has 0 saturated heterocycles. The van der Waals surface area contributed by atoms with Crippen molar-refractivity contribution >= 4 is 17.5 Å². The number of nitrogens with one attached hydrogen (secondary N) is 1. The summed E-state index contributed by atoms with van der Waals surface area (Å²) in [5, 5.41) is 2.86. The van der Waals surface area contributed by atoms with Gasteiger partial charge in [0.05, 0.1) is 6.42 Å². The predicted octanol–water partition coefficient (Wildman–Crippen LogP) is 3.14. The third-order valence-corrected chi connectivity index (χ3v) is 4.86. The molecule has 0 atom stereocenters. The van der Waals surface area contributed by atoms with Gasteiger partial charge in [-0.1, -0.05) is 12.1 Å². The molecule has 1 N–H and O–H groups in total. The standard InChI is InChI=1S/C21H21FN2O3/c22-17-5-3-14(4-6-17)9-20(25)23-18-7-8-19-16(10-18)12-24(11-15-1-2-15)21(26)13-27-19/h3-8,10,15H,1-2,9,11-13H2,(H,23,25). The SMILES string of the molecule is O=C(Cc1ccc(F)cc1)Nc1ccc2c(c1)CN(CC1CC1)C(=O)CO2. The number of amides is 2. The summed E-state index contributed by atoms with van der Waals surface area (Å²) >= 11 is 0. The molecule has 0 radical (unpaired) electrons. The first-order valence-electron chi connectivity index (χ1n) is 9.14. The predicted molar refractivity (Wildman–Crippen MR) is 98.8 cm³/mol. The highest BCUT2D eigenvalue weighted by molar-refractivity contribution is 5.92. The zero-order valence-corrected chi connectivity index (χ0v) is 14.9. The Labute approximate surface area is 157 Å². The van der Waals surface area contributed by atoms with Crippen molar-refractivity contribution in [3.63, 3.8) is 0 Å². The summed E-state index contributed by atoms with van der Waals surface area (Å²) in [6.45, 7) is 1.31. The van der Waals surface area contributed by atoms with E-state index in [0.29, 0.717) is 23.9 Å². The normalized spacial score (nSPS) is 16.3. The molecule has 0 unspecified atom stereocenters. The van der Waals surface area contributed by atoms with Crippen LogP contribution in [0.4, 0.5) is 10.1 Å². The van der Waals surface area contributed by atoms with Crippen molar-refractivity contribution < 1.29 is 18.7 Å². The molecule has 0 aromatic heterocycles. The van der Waals surface area contributed by atoms with Gasteiger partial charge in [-0.15, -0.1) is 0 Å². The zero-order chi connectivity index (χ0) is 18.8. The van der Waals surface area contributed by atoms with Crippen LogP contribution >= 0.6 is 0 Å². The molecule has 5 nitrogen and oxygen atoms in total. The maximum absolute atomic E-state index is 13.0. The largest absolute Gasteiger partial charge is 0.483 e. The van der Waals surface area contributed by atoms with E-state index in [4.69, 9.17) is 4.74 Å². The van der Waals surface area contributed by atoms with E-state index in [1.54, 1.807) is 24.3 Å². The molecule has 0 bridgehead atoms. The van der Waals surface area contributed by atoms with Gasteiger partial charge in [-0.25, -0.2) is 4.39 Å². The molecule has 0 spiro atoms. The lowest BCUT2D eigenvalue weighted by molar-refractivity contribution is -0.133. The summed E-state index contributed by atoms with van der Waals surface area (Å²) in [5.74, 6) is 0.782. The second kappa shape index (κ2) is 7.39. The summed E-state index contributed by atoms with van der Waals surface area (Å²) in [6, 6.07) is 11.3. The number of ether oxygens (including phenoxy) is 1. The summed E-state index contributed by atoms with van der Waals surface area (Å²) in [7, 11) is 0. The highest BCUT2D eigenvalue weighted by Crippen LogP contribution is 2.32. The number of benzene rings is 2. The number of nitrogens with zero attached hydrogens (tertiary/aromatic N) is 1. The molecule has 2 aliphatic rings. The maximum Gasteiger partial charge on any atom is 0.260 e. The van der Waals surface area contributed by atoms with Crippen LogP contribution in [0.2, 0.25) is 0 Å². The molecule has 1 fully saturated rings. The Morgan fingerprint density at radius 1 is 1.19 bits per heavy atom. The van der Waals surface area contributed by atoms with E-state index in [-0.39, 0.29) is 30.7 Å². The van der Waals surface area contributed by atoms with Crippen LogP contribution < -0.4 is 10.1 Å². The van der Waals surface area contributed by atoms with E-state index in [9.17, 15) is 14.0 Å².